The highest BCUT2D eigenvalue weighted by atomic mass is 35.5. The number of ether oxygens (including phenoxy) is 1. The van der Waals surface area contributed by atoms with Crippen LogP contribution in [0.15, 0.2) is 127 Å². The fourth-order valence-electron chi connectivity index (χ4n) is 20.8. The highest BCUT2D eigenvalue weighted by molar-refractivity contribution is 7.90. The standard InChI is InChI=1S/C19H33NO2.C18H32N2O2.C17H30N2O.C17H20O2S.C16H28N2O.C15H28N2O.C12H22ClNO.C9H17NO/c1-19(2,3)16-7-4-6-15(14-16)18(22)8-5-11-20-12-9-17(21)10-13-20;1-18(2,3)16-7-4-11-20(15-16)17(21)8-5-9-19-10-6-13-22-14-12-19;1-14(2)16-6-4-10-19(13-16)17(20)7-5-9-18-11-8-15(3)12-18;1-13(2)16-6-4-5-15(11-16)12-20(18,19)17-9-7-14(3)8-10-17;1-14(2)15-7-5-12-18(13-15)16(19)8-6-11-17-9-3-4-10-17;1-15(2,3)13-8-6-11-17(12-13)14(18)9-7-10-16(4)5;1-9(13)11(15)14-7-5-6-10(8-14)12(2,3)4;1-5-8(11)10-7-6-9(2,3)4/h5,8,15-17,21H,4,6-7,9-14H2,1-3H3;5,8,16H,4,6-7,9-15H2,1-3H3;5,7,14-16H,4,6,8-13H2,1-3H3;4-11,13H,12H2,1-3H3;6,8,14-15H,3-5,7,9-13H2,1-2H3;7,9,13H,6,8,10-12H2,1-5H3;9-10H,5-8H2,1-4H3;5H,1,6-7H2,2-4H3,(H,10,11)/b2*8-5+;7-5+;;8-6+;9-7+;;. The number of halogens is 1. The fraction of sp³-hybridized carbons (Fsp3) is 0.748. The van der Waals surface area contributed by atoms with Crippen molar-refractivity contribution in [1.29, 1.82) is 0 Å². The summed E-state index contributed by atoms with van der Waals surface area (Å²) in [5.74, 6) is 7.84. The lowest BCUT2D eigenvalue weighted by atomic mass is 9.68. The number of hydrogen-bond donors (Lipinski definition) is 2. The maximum atomic E-state index is 12.4. The van der Waals surface area contributed by atoms with Gasteiger partial charge in [0.15, 0.2) is 15.6 Å². The van der Waals surface area contributed by atoms with Crippen molar-refractivity contribution in [3.05, 3.63) is 139 Å². The van der Waals surface area contributed by atoms with Crippen LogP contribution in [-0.2, 0) is 53.9 Å². The molecule has 9 saturated heterocycles. The zero-order valence-corrected chi connectivity index (χ0v) is 99.0. The Labute approximate surface area is 901 Å². The van der Waals surface area contributed by atoms with Crippen LogP contribution in [0, 0.1) is 93.2 Å². The molecule has 10 aliphatic rings. The number of piperidine rings is 6. The van der Waals surface area contributed by atoms with Crippen LogP contribution >= 0.6 is 11.6 Å². The summed E-state index contributed by atoms with van der Waals surface area (Å²) < 4.78 is 30.2. The van der Waals surface area contributed by atoms with Crippen molar-refractivity contribution in [1.82, 2.24) is 54.3 Å². The van der Waals surface area contributed by atoms with Gasteiger partial charge in [0.05, 0.1) is 23.4 Å². The van der Waals surface area contributed by atoms with Crippen molar-refractivity contribution in [3.63, 3.8) is 0 Å². The lowest BCUT2D eigenvalue weighted by Gasteiger charge is -2.40. The van der Waals surface area contributed by atoms with Crippen LogP contribution in [-0.4, -0.2) is 300 Å². The quantitative estimate of drug-likeness (QED) is 0.0659. The number of nitrogens with one attached hydrogen (secondary N) is 1. The molecule has 9 aliphatic heterocycles. The molecule has 147 heavy (non-hydrogen) atoms. The van der Waals surface area contributed by atoms with Crippen LogP contribution in [0.4, 0.5) is 0 Å². The van der Waals surface area contributed by atoms with Gasteiger partial charge in [0.25, 0.3) is 0 Å². The molecular formula is C123H210ClN11O11S. The number of carbonyl (C=O) groups is 7. The molecule has 2 aromatic rings. The monoisotopic (exact) mass is 2080 g/mol. The number of hydrogen-bond acceptors (Lipinski definition) is 16. The van der Waals surface area contributed by atoms with Gasteiger partial charge in [-0.05, 0) is 298 Å². The number of ketones is 1. The van der Waals surface area contributed by atoms with E-state index in [1.54, 1.807) is 43.4 Å². The molecule has 2 aromatic carbocycles. The summed E-state index contributed by atoms with van der Waals surface area (Å²) in [7, 11) is 0.738. The number of allylic oxidation sites excluding steroid dienone is 1. The predicted molar refractivity (Wildman–Crippen MR) is 613 cm³/mol. The first-order valence-corrected chi connectivity index (χ1v) is 59.1. The molecule has 836 valence electrons. The van der Waals surface area contributed by atoms with Crippen LogP contribution in [0.1, 0.15) is 317 Å². The number of likely N-dealkylation sites (tertiary alicyclic amines) is 8. The van der Waals surface area contributed by atoms with E-state index in [0.29, 0.717) is 74.8 Å². The third kappa shape index (κ3) is 53.2. The molecule has 9 atom stereocenters. The summed E-state index contributed by atoms with van der Waals surface area (Å²) in [5.41, 5.74) is 4.55. The minimum absolute atomic E-state index is 0.0522. The van der Waals surface area contributed by atoms with E-state index in [4.69, 9.17) is 16.3 Å². The number of likely N-dealkylation sites (N-methyl/N-ethyl adjacent to an activating group) is 1. The molecule has 9 heterocycles. The Kier molecular flexibility index (Phi) is 59.1. The second-order valence-corrected chi connectivity index (χ2v) is 53.4. The Balaban J connectivity index is 0.000000297. The van der Waals surface area contributed by atoms with Crippen molar-refractivity contribution in [3.8, 4) is 0 Å². The number of aliphatic hydroxyl groups is 1. The number of rotatable bonds is 26. The molecular weight excluding hydrogens is 1870 g/mol. The molecule has 0 aromatic heterocycles. The third-order valence-electron chi connectivity index (χ3n) is 31.5. The number of sulfone groups is 1. The lowest BCUT2D eigenvalue weighted by molar-refractivity contribution is -0.133. The Morgan fingerprint density at radius 3 is 1.34 bits per heavy atom. The molecule has 2 N–H and O–H groups in total. The van der Waals surface area contributed by atoms with Crippen LogP contribution < -0.4 is 5.32 Å². The van der Waals surface area contributed by atoms with Gasteiger partial charge in [-0.1, -0.05) is 238 Å². The van der Waals surface area contributed by atoms with Gasteiger partial charge in [0.1, 0.15) is 5.38 Å². The summed E-state index contributed by atoms with van der Waals surface area (Å²) in [5, 5.41) is 11.8. The molecule has 0 spiro atoms. The van der Waals surface area contributed by atoms with E-state index in [2.05, 4.69) is 195 Å². The van der Waals surface area contributed by atoms with Gasteiger partial charge in [-0.2, -0.15) is 0 Å². The fourth-order valence-corrected chi connectivity index (χ4v) is 22.2. The molecule has 1 aliphatic carbocycles. The molecule has 0 bridgehead atoms. The summed E-state index contributed by atoms with van der Waals surface area (Å²) >= 11 is 5.83. The Morgan fingerprint density at radius 1 is 0.476 bits per heavy atom. The number of alkyl halides is 1. The molecule has 12 rings (SSSR count). The van der Waals surface area contributed by atoms with Crippen molar-refractivity contribution < 1.29 is 51.8 Å². The second kappa shape index (κ2) is 66.4. The van der Waals surface area contributed by atoms with E-state index < -0.39 is 9.84 Å². The van der Waals surface area contributed by atoms with Crippen molar-refractivity contribution in [2.24, 2.45) is 86.3 Å². The van der Waals surface area contributed by atoms with Gasteiger partial charge >= 0.3 is 0 Å². The maximum absolute atomic E-state index is 12.4. The van der Waals surface area contributed by atoms with E-state index in [0.717, 1.165) is 232 Å². The summed E-state index contributed by atoms with van der Waals surface area (Å²) in [6.07, 6.45) is 44.4. The van der Waals surface area contributed by atoms with Gasteiger partial charge in [-0.25, -0.2) is 8.42 Å². The third-order valence-corrected chi connectivity index (χ3v) is 33.4. The number of aliphatic hydroxyl groups excluding tert-OH is 1. The first-order valence-electron chi connectivity index (χ1n) is 57.1. The Morgan fingerprint density at radius 2 is 0.898 bits per heavy atom. The molecule has 10 fully saturated rings. The van der Waals surface area contributed by atoms with Gasteiger partial charge in [-0.3, -0.25) is 53.2 Å². The molecule has 22 nitrogen and oxygen atoms in total. The summed E-state index contributed by atoms with van der Waals surface area (Å²) in [6.45, 7) is 81.0. The highest BCUT2D eigenvalue weighted by Crippen LogP contribution is 2.42. The van der Waals surface area contributed by atoms with Crippen LogP contribution in [0.2, 0.25) is 0 Å². The van der Waals surface area contributed by atoms with E-state index in [9.17, 15) is 47.1 Å². The number of benzene rings is 2. The maximum Gasteiger partial charge on any atom is 0.246 e. The zero-order valence-electron chi connectivity index (χ0n) is 97.4. The smallest absolute Gasteiger partial charge is 0.246 e. The van der Waals surface area contributed by atoms with Gasteiger partial charge in [-0.15, -0.1) is 11.6 Å². The van der Waals surface area contributed by atoms with Crippen molar-refractivity contribution in [2.45, 2.75) is 329 Å². The van der Waals surface area contributed by atoms with Crippen molar-refractivity contribution >= 4 is 62.7 Å². The first kappa shape index (κ1) is 131. The van der Waals surface area contributed by atoms with Crippen molar-refractivity contribution in [2.75, 3.05) is 184 Å². The molecule has 24 heteroatoms. The number of aryl methyl sites for hydroxylation is 1. The Bertz CT molecular complexity index is 4430. The number of carbonyl (C=O) groups excluding carboxylic acids is 7. The second-order valence-electron chi connectivity index (χ2n) is 50.8. The number of nitrogens with zero attached hydrogens (tertiary/aromatic N) is 10. The first-order chi connectivity index (χ1) is 69.0. The SMILES string of the molecule is C=CC(=O)NCCC(C)(C)C.CC(C)(C)C1CCCC(C(=O)/C=C/CN2CCC(O)CC2)C1.CC(C)(C)C1CCCN(C(=O)/C=C/CN2CCCOCC2)C1.CC(C)C1CCCN(C(=O)/C=C/CN2CCCC2)C1.CC(Cl)C(=O)N1CCCC(C(C)(C)C)C1.CC1CCN(C/C=C/C(=O)N2CCCC(C(C)C)C2)C1.CN(C)C/C=C/C(=O)N1CCCC(C(C)(C)C)C1.Cc1ccc(S(=O)(=O)Cc2cccc(C(C)C)c2)cc1. The van der Waals surface area contributed by atoms with Gasteiger partial charge in [0.2, 0.25) is 35.4 Å². The normalized spacial score (nSPS) is 23.0. The summed E-state index contributed by atoms with van der Waals surface area (Å²) in [4.78, 5) is 106. The largest absolute Gasteiger partial charge is 0.393 e. The van der Waals surface area contributed by atoms with E-state index >= 15 is 0 Å². The minimum atomic E-state index is -3.27. The topological polar surface area (TPSA) is 228 Å². The zero-order chi connectivity index (χ0) is 109. The van der Waals surface area contributed by atoms with E-state index in [1.807, 2.05) is 112 Å². The Hall–Kier alpha value is -6.67. The molecule has 6 amide bonds. The van der Waals surface area contributed by atoms with Crippen LogP contribution in [0.5, 0.6) is 0 Å². The molecule has 9 unspecified atom stereocenters. The number of amides is 6. The van der Waals surface area contributed by atoms with Crippen LogP contribution in [0.25, 0.3) is 0 Å². The van der Waals surface area contributed by atoms with E-state index in [1.165, 1.54) is 102 Å². The average molecular weight is 2090 g/mol. The van der Waals surface area contributed by atoms with E-state index in [-0.39, 0.29) is 74.8 Å². The van der Waals surface area contributed by atoms with Gasteiger partial charge < -0.3 is 44.6 Å². The molecule has 1 saturated carbocycles. The summed E-state index contributed by atoms with van der Waals surface area (Å²) in [6, 6.07) is 14.8. The predicted octanol–water partition coefficient (Wildman–Crippen LogP) is 22.4. The van der Waals surface area contributed by atoms with Crippen LogP contribution in [0.3, 0.4) is 0 Å². The average Bonchev–Trinajstić information content (AvgIpc) is 1.06. The lowest BCUT2D eigenvalue weighted by Crippen LogP contribution is -2.45. The molecule has 0 radical (unpaired) electrons. The minimum Gasteiger partial charge on any atom is -0.393 e. The highest BCUT2D eigenvalue weighted by Gasteiger charge is 2.38. The van der Waals surface area contributed by atoms with Gasteiger partial charge in [0, 0.05) is 174 Å².